The van der Waals surface area contributed by atoms with Crippen LogP contribution in [0.1, 0.15) is 32.6 Å². The number of nitrogens with one attached hydrogen (secondary N) is 1. The van der Waals surface area contributed by atoms with Gasteiger partial charge in [-0.15, -0.1) is 0 Å². The molecule has 94 valence electrons. The van der Waals surface area contributed by atoms with Crippen molar-refractivity contribution in [1.82, 2.24) is 5.32 Å². The zero-order valence-corrected chi connectivity index (χ0v) is 9.69. The van der Waals surface area contributed by atoms with E-state index in [9.17, 15) is 4.79 Å². The number of carboxylic acid groups (broad SMARTS) is 1. The van der Waals surface area contributed by atoms with Crippen molar-refractivity contribution in [1.29, 1.82) is 0 Å². The summed E-state index contributed by atoms with van der Waals surface area (Å²) in [7, 11) is 0. The summed E-state index contributed by atoms with van der Waals surface area (Å²) in [4.78, 5) is 10.7. The summed E-state index contributed by atoms with van der Waals surface area (Å²) < 4.78 is 5.37. The molecule has 0 saturated carbocycles. The summed E-state index contributed by atoms with van der Waals surface area (Å²) in [5, 5.41) is 20.9. The Labute approximate surface area is 95.8 Å². The van der Waals surface area contributed by atoms with E-state index in [1.165, 1.54) is 0 Å². The van der Waals surface area contributed by atoms with E-state index in [1.54, 1.807) is 0 Å². The predicted octanol–water partition coefficient (Wildman–Crippen LogP) is 0.369. The number of aliphatic hydroxyl groups is 1. The molecular formula is C11H21NO4. The zero-order valence-electron chi connectivity index (χ0n) is 9.69. The van der Waals surface area contributed by atoms with Gasteiger partial charge in [-0.2, -0.15) is 0 Å². The summed E-state index contributed by atoms with van der Waals surface area (Å²) in [5.41, 5.74) is 0. The van der Waals surface area contributed by atoms with Gasteiger partial charge in [0.2, 0.25) is 0 Å². The number of rotatable bonds is 7. The quantitative estimate of drug-likeness (QED) is 0.590. The number of hydrogen-bond donors (Lipinski definition) is 3. The van der Waals surface area contributed by atoms with Crippen LogP contribution >= 0.6 is 0 Å². The molecule has 1 heterocycles. The van der Waals surface area contributed by atoms with Crippen molar-refractivity contribution in [2.45, 2.75) is 50.9 Å². The largest absolute Gasteiger partial charge is 0.479 e. The molecule has 5 nitrogen and oxygen atoms in total. The van der Waals surface area contributed by atoms with Crippen LogP contribution in [0.5, 0.6) is 0 Å². The van der Waals surface area contributed by atoms with Gasteiger partial charge in [-0.1, -0.05) is 6.92 Å². The van der Waals surface area contributed by atoms with E-state index < -0.39 is 12.1 Å². The molecule has 1 rings (SSSR count). The Hall–Kier alpha value is -0.650. The van der Waals surface area contributed by atoms with Gasteiger partial charge in [0.1, 0.15) is 0 Å². The van der Waals surface area contributed by atoms with Crippen molar-refractivity contribution < 1.29 is 19.7 Å². The van der Waals surface area contributed by atoms with Crippen molar-refractivity contribution >= 4 is 5.97 Å². The molecule has 0 spiro atoms. The molecule has 0 amide bonds. The van der Waals surface area contributed by atoms with Crippen LogP contribution in [-0.2, 0) is 9.53 Å². The Morgan fingerprint density at radius 3 is 2.81 bits per heavy atom. The third-order valence-electron chi connectivity index (χ3n) is 2.99. The van der Waals surface area contributed by atoms with Crippen LogP contribution in [0.4, 0.5) is 0 Å². The van der Waals surface area contributed by atoms with Crippen LogP contribution in [0.3, 0.4) is 0 Å². The minimum atomic E-state index is -0.870. The molecule has 1 aliphatic rings. The van der Waals surface area contributed by atoms with Gasteiger partial charge in [-0.05, 0) is 25.7 Å². The number of carbonyl (C=O) groups is 1. The SMILES string of the molecule is CCC(CCO)NCC1CCC(C(=O)O)O1. The first-order valence-corrected chi connectivity index (χ1v) is 5.89. The zero-order chi connectivity index (χ0) is 12.0. The fraction of sp³-hybridized carbons (Fsp3) is 0.909. The summed E-state index contributed by atoms with van der Waals surface area (Å²) in [5.74, 6) is -0.870. The maximum Gasteiger partial charge on any atom is 0.332 e. The molecule has 0 aliphatic carbocycles. The molecule has 3 unspecified atom stereocenters. The third kappa shape index (κ3) is 4.08. The normalized spacial score (nSPS) is 26.9. The van der Waals surface area contributed by atoms with Gasteiger partial charge in [-0.25, -0.2) is 4.79 Å². The fourth-order valence-corrected chi connectivity index (χ4v) is 1.94. The van der Waals surface area contributed by atoms with Crippen LogP contribution < -0.4 is 5.32 Å². The van der Waals surface area contributed by atoms with Crippen molar-refractivity contribution in [2.75, 3.05) is 13.2 Å². The molecule has 1 fully saturated rings. The first-order chi connectivity index (χ1) is 7.67. The molecule has 3 atom stereocenters. The van der Waals surface area contributed by atoms with Crippen molar-refractivity contribution in [3.63, 3.8) is 0 Å². The van der Waals surface area contributed by atoms with Crippen LogP contribution in [0, 0.1) is 0 Å². The average molecular weight is 231 g/mol. The number of aliphatic carboxylic acids is 1. The third-order valence-corrected chi connectivity index (χ3v) is 2.99. The minimum Gasteiger partial charge on any atom is -0.479 e. The summed E-state index contributed by atoms with van der Waals surface area (Å²) in [6, 6.07) is 0.289. The highest BCUT2D eigenvalue weighted by Crippen LogP contribution is 2.19. The van der Waals surface area contributed by atoms with Crippen LogP contribution in [0.15, 0.2) is 0 Å². The molecule has 0 aromatic carbocycles. The van der Waals surface area contributed by atoms with Gasteiger partial charge in [0.05, 0.1) is 6.10 Å². The molecule has 16 heavy (non-hydrogen) atoms. The van der Waals surface area contributed by atoms with E-state index in [2.05, 4.69) is 12.2 Å². The van der Waals surface area contributed by atoms with Gasteiger partial charge in [-0.3, -0.25) is 0 Å². The molecule has 1 saturated heterocycles. The van der Waals surface area contributed by atoms with E-state index in [-0.39, 0.29) is 18.8 Å². The molecule has 0 aromatic rings. The summed E-state index contributed by atoms with van der Waals surface area (Å²) in [6.07, 6.45) is 2.43. The highest BCUT2D eigenvalue weighted by atomic mass is 16.5. The highest BCUT2D eigenvalue weighted by Gasteiger charge is 2.30. The van der Waals surface area contributed by atoms with Crippen LogP contribution in [-0.4, -0.2) is 47.6 Å². The molecule has 0 aromatic heterocycles. The van der Waals surface area contributed by atoms with E-state index in [0.717, 1.165) is 19.3 Å². The van der Waals surface area contributed by atoms with Gasteiger partial charge in [0.25, 0.3) is 0 Å². The van der Waals surface area contributed by atoms with E-state index in [4.69, 9.17) is 14.9 Å². The van der Waals surface area contributed by atoms with Crippen molar-refractivity contribution in [3.05, 3.63) is 0 Å². The first-order valence-electron chi connectivity index (χ1n) is 5.89. The lowest BCUT2D eigenvalue weighted by Gasteiger charge is -2.18. The van der Waals surface area contributed by atoms with Crippen molar-refractivity contribution in [2.24, 2.45) is 0 Å². The molecule has 3 N–H and O–H groups in total. The smallest absolute Gasteiger partial charge is 0.332 e. The number of ether oxygens (including phenoxy) is 1. The van der Waals surface area contributed by atoms with Crippen LogP contribution in [0.2, 0.25) is 0 Å². The van der Waals surface area contributed by atoms with E-state index >= 15 is 0 Å². The second-order valence-corrected chi connectivity index (χ2v) is 4.19. The van der Waals surface area contributed by atoms with Gasteiger partial charge >= 0.3 is 5.97 Å². The Morgan fingerprint density at radius 1 is 1.56 bits per heavy atom. The molecule has 0 bridgehead atoms. The lowest BCUT2D eigenvalue weighted by molar-refractivity contribution is -0.149. The average Bonchev–Trinajstić information content (AvgIpc) is 2.73. The Morgan fingerprint density at radius 2 is 2.31 bits per heavy atom. The second kappa shape index (κ2) is 6.83. The summed E-state index contributed by atoms with van der Waals surface area (Å²) in [6.45, 7) is 2.90. The van der Waals surface area contributed by atoms with Gasteiger partial charge < -0.3 is 20.3 Å². The maximum absolute atomic E-state index is 10.7. The van der Waals surface area contributed by atoms with E-state index in [0.29, 0.717) is 13.0 Å². The fourth-order valence-electron chi connectivity index (χ4n) is 1.94. The lowest BCUT2D eigenvalue weighted by Crippen LogP contribution is -2.36. The lowest BCUT2D eigenvalue weighted by atomic mass is 10.1. The standard InChI is InChI=1S/C11H21NO4/c1-2-8(5-6-13)12-7-9-3-4-10(16-9)11(14)15/h8-10,12-13H,2-7H2,1H3,(H,14,15). The predicted molar refractivity (Wildman–Crippen MR) is 59.3 cm³/mol. The van der Waals surface area contributed by atoms with Gasteiger partial charge in [0, 0.05) is 19.2 Å². The minimum absolute atomic E-state index is 0.00570. The van der Waals surface area contributed by atoms with Crippen LogP contribution in [0.25, 0.3) is 0 Å². The molecule has 0 radical (unpaired) electrons. The highest BCUT2D eigenvalue weighted by molar-refractivity contribution is 5.72. The van der Waals surface area contributed by atoms with Gasteiger partial charge in [0.15, 0.2) is 6.10 Å². The topological polar surface area (TPSA) is 78.8 Å². The number of hydrogen-bond acceptors (Lipinski definition) is 4. The molecule has 5 heteroatoms. The van der Waals surface area contributed by atoms with Crippen molar-refractivity contribution in [3.8, 4) is 0 Å². The monoisotopic (exact) mass is 231 g/mol. The molecule has 1 aliphatic heterocycles. The Balaban J connectivity index is 2.21. The summed E-state index contributed by atoms with van der Waals surface area (Å²) >= 11 is 0. The maximum atomic E-state index is 10.7. The number of carboxylic acids is 1. The Kier molecular flexibility index (Phi) is 5.73. The second-order valence-electron chi connectivity index (χ2n) is 4.19. The first kappa shape index (κ1) is 13.4. The molecular weight excluding hydrogens is 210 g/mol. The Bertz CT molecular complexity index is 222. The van der Waals surface area contributed by atoms with E-state index in [1.807, 2.05) is 0 Å². The number of aliphatic hydroxyl groups excluding tert-OH is 1.